The molecule has 5 fully saturated rings. The number of Topliss-reactive ketones (excluding diaryl/α,β-unsaturated/α-hetero) is 1. The van der Waals surface area contributed by atoms with Crippen LogP contribution in [0.4, 0.5) is 0 Å². The van der Waals surface area contributed by atoms with Gasteiger partial charge in [-0.3, -0.25) is 4.79 Å². The first-order chi connectivity index (χ1) is 11.7. The maximum Gasteiger partial charge on any atom is 0.133 e. The molecule has 0 N–H and O–H groups in total. The van der Waals surface area contributed by atoms with Crippen molar-refractivity contribution >= 4 is 5.78 Å². The van der Waals surface area contributed by atoms with Gasteiger partial charge in [0.15, 0.2) is 0 Å². The summed E-state index contributed by atoms with van der Waals surface area (Å²) in [5, 5.41) is 0. The Labute approximate surface area is 154 Å². The second-order valence-corrected chi connectivity index (χ2v) is 11.6. The molecular formula is C24H38O. The second kappa shape index (κ2) is 4.74. The molecule has 0 heterocycles. The van der Waals surface area contributed by atoms with Crippen LogP contribution in [0.5, 0.6) is 0 Å². The minimum absolute atomic E-state index is 0.325. The third kappa shape index (κ3) is 1.55. The molecule has 1 heteroatoms. The Balaban J connectivity index is 1.49. The van der Waals surface area contributed by atoms with Crippen LogP contribution >= 0.6 is 0 Å². The molecule has 0 aromatic heterocycles. The molecule has 0 aromatic carbocycles. The summed E-state index contributed by atoms with van der Waals surface area (Å²) in [5.41, 5.74) is 2.21. The van der Waals surface area contributed by atoms with Gasteiger partial charge in [0, 0.05) is 5.92 Å². The third-order valence-corrected chi connectivity index (χ3v) is 11.5. The highest BCUT2D eigenvalue weighted by atomic mass is 16.1. The molecule has 0 amide bonds. The van der Waals surface area contributed by atoms with Crippen LogP contribution in [-0.2, 0) is 4.79 Å². The molecular weight excluding hydrogens is 304 g/mol. The maximum atomic E-state index is 12.3. The van der Waals surface area contributed by atoms with Crippen LogP contribution in [0, 0.1) is 51.2 Å². The summed E-state index contributed by atoms with van der Waals surface area (Å²) in [6.07, 6.45) is 12.6. The summed E-state index contributed by atoms with van der Waals surface area (Å²) in [6, 6.07) is 0. The molecule has 5 aliphatic rings. The van der Waals surface area contributed by atoms with Crippen molar-refractivity contribution in [2.24, 2.45) is 51.2 Å². The van der Waals surface area contributed by atoms with Crippen LogP contribution in [0.25, 0.3) is 0 Å². The van der Waals surface area contributed by atoms with E-state index in [4.69, 9.17) is 0 Å². The lowest BCUT2D eigenvalue weighted by atomic mass is 9.15. The van der Waals surface area contributed by atoms with Gasteiger partial charge in [0.25, 0.3) is 0 Å². The van der Waals surface area contributed by atoms with Gasteiger partial charge in [0.1, 0.15) is 5.78 Å². The number of hydrogen-bond donors (Lipinski definition) is 0. The van der Waals surface area contributed by atoms with Gasteiger partial charge in [-0.05, 0) is 104 Å². The van der Waals surface area contributed by atoms with E-state index < -0.39 is 0 Å². The van der Waals surface area contributed by atoms with Crippen LogP contribution in [-0.4, -0.2) is 5.78 Å². The van der Waals surface area contributed by atoms with Gasteiger partial charge < -0.3 is 0 Å². The fourth-order valence-electron chi connectivity index (χ4n) is 10.5. The molecule has 5 saturated carbocycles. The molecule has 5 rings (SSSR count). The van der Waals surface area contributed by atoms with Crippen LogP contribution in [0.15, 0.2) is 0 Å². The maximum absolute atomic E-state index is 12.3. The highest BCUT2D eigenvalue weighted by Crippen LogP contribution is 2.91. The van der Waals surface area contributed by atoms with E-state index in [1.807, 2.05) is 6.92 Å². The summed E-state index contributed by atoms with van der Waals surface area (Å²) in [4.78, 5) is 12.3. The van der Waals surface area contributed by atoms with E-state index in [1.54, 1.807) is 0 Å². The summed E-state index contributed by atoms with van der Waals surface area (Å²) in [7, 11) is 0. The zero-order valence-corrected chi connectivity index (χ0v) is 17.2. The molecule has 25 heavy (non-hydrogen) atoms. The van der Waals surface area contributed by atoms with Gasteiger partial charge in [0.2, 0.25) is 0 Å². The quantitative estimate of drug-likeness (QED) is 0.579. The van der Waals surface area contributed by atoms with Crippen molar-refractivity contribution in [2.45, 2.75) is 92.4 Å². The first-order valence-corrected chi connectivity index (χ1v) is 11.2. The van der Waals surface area contributed by atoms with Crippen molar-refractivity contribution in [3.8, 4) is 0 Å². The van der Waals surface area contributed by atoms with Gasteiger partial charge in [-0.1, -0.05) is 34.1 Å². The van der Waals surface area contributed by atoms with Crippen molar-refractivity contribution in [1.82, 2.24) is 0 Å². The molecule has 140 valence electrons. The Hall–Kier alpha value is -0.330. The molecule has 0 saturated heterocycles. The molecule has 1 nitrogen and oxygen atoms in total. The molecule has 0 bridgehead atoms. The van der Waals surface area contributed by atoms with Crippen LogP contribution < -0.4 is 0 Å². The standard InChI is InChI=1S/C24H38O/c1-6-16-9-10-22(4)20(13-16)23(5)14-19-18-8-7-17(15(2)25)21(18,3)11-12-24(19,22)23/h16-20H,6-14H2,1-5H3. The lowest BCUT2D eigenvalue weighted by Crippen LogP contribution is -2.83. The topological polar surface area (TPSA) is 17.1 Å². The molecule has 1 spiro atoms. The molecule has 0 radical (unpaired) electrons. The minimum atomic E-state index is 0.325. The predicted molar refractivity (Wildman–Crippen MR) is 102 cm³/mol. The van der Waals surface area contributed by atoms with E-state index in [-0.39, 0.29) is 0 Å². The highest BCUT2D eigenvalue weighted by Gasteiger charge is 2.85. The summed E-state index contributed by atoms with van der Waals surface area (Å²) in [5.74, 6) is 4.59. The Morgan fingerprint density at radius 2 is 1.72 bits per heavy atom. The van der Waals surface area contributed by atoms with E-state index in [1.165, 1.54) is 57.8 Å². The van der Waals surface area contributed by atoms with Crippen LogP contribution in [0.3, 0.4) is 0 Å². The SMILES string of the molecule is CCC1CCC2(C)C(C1)C1(C)CC3C4CCC(C(C)=O)C4(C)CCC321. The van der Waals surface area contributed by atoms with Crippen molar-refractivity contribution in [2.75, 3.05) is 0 Å². The Kier molecular flexibility index (Phi) is 3.19. The molecule has 0 aliphatic heterocycles. The first-order valence-electron chi connectivity index (χ1n) is 11.2. The van der Waals surface area contributed by atoms with Gasteiger partial charge in [-0.25, -0.2) is 0 Å². The lowest BCUT2D eigenvalue weighted by molar-refractivity contribution is -0.410. The number of carbonyl (C=O) groups is 1. The minimum Gasteiger partial charge on any atom is -0.300 e. The number of rotatable bonds is 2. The Bertz CT molecular complexity index is 624. The number of ketones is 1. The Morgan fingerprint density at radius 1 is 0.960 bits per heavy atom. The fourth-order valence-corrected chi connectivity index (χ4v) is 10.5. The monoisotopic (exact) mass is 342 g/mol. The number of hydrogen-bond acceptors (Lipinski definition) is 1. The Morgan fingerprint density at radius 3 is 2.40 bits per heavy atom. The van der Waals surface area contributed by atoms with Crippen LogP contribution in [0.2, 0.25) is 0 Å². The van der Waals surface area contributed by atoms with E-state index in [0.717, 1.165) is 23.7 Å². The smallest absolute Gasteiger partial charge is 0.133 e. The van der Waals surface area contributed by atoms with Crippen molar-refractivity contribution in [1.29, 1.82) is 0 Å². The van der Waals surface area contributed by atoms with Crippen molar-refractivity contribution in [3.05, 3.63) is 0 Å². The zero-order valence-electron chi connectivity index (χ0n) is 17.2. The fraction of sp³-hybridized carbons (Fsp3) is 0.958. The van der Waals surface area contributed by atoms with Crippen LogP contribution in [0.1, 0.15) is 92.4 Å². The average Bonchev–Trinajstić information content (AvgIpc) is 2.91. The van der Waals surface area contributed by atoms with E-state index in [2.05, 4.69) is 27.7 Å². The van der Waals surface area contributed by atoms with Crippen molar-refractivity contribution < 1.29 is 4.79 Å². The lowest BCUT2D eigenvalue weighted by Gasteiger charge is -2.89. The van der Waals surface area contributed by atoms with E-state index >= 15 is 0 Å². The molecule has 9 atom stereocenters. The first kappa shape index (κ1) is 16.8. The predicted octanol–water partition coefficient (Wildman–Crippen LogP) is 6.26. The number of carbonyl (C=O) groups excluding carboxylic acids is 1. The summed E-state index contributed by atoms with van der Waals surface area (Å²) in [6.45, 7) is 12.1. The van der Waals surface area contributed by atoms with Gasteiger partial charge >= 0.3 is 0 Å². The molecule has 9 unspecified atom stereocenters. The van der Waals surface area contributed by atoms with Gasteiger partial charge in [-0.2, -0.15) is 0 Å². The normalized spacial score (nSPS) is 61.9. The van der Waals surface area contributed by atoms with Gasteiger partial charge in [-0.15, -0.1) is 0 Å². The molecule has 0 aromatic rings. The summed E-state index contributed by atoms with van der Waals surface area (Å²) >= 11 is 0. The summed E-state index contributed by atoms with van der Waals surface area (Å²) < 4.78 is 0. The second-order valence-electron chi connectivity index (χ2n) is 11.6. The van der Waals surface area contributed by atoms with Gasteiger partial charge in [0.05, 0.1) is 0 Å². The zero-order chi connectivity index (χ0) is 17.8. The van der Waals surface area contributed by atoms with Crippen molar-refractivity contribution in [3.63, 3.8) is 0 Å². The van der Waals surface area contributed by atoms with E-state index in [9.17, 15) is 4.79 Å². The average molecular weight is 343 g/mol. The largest absolute Gasteiger partial charge is 0.300 e. The number of fused-ring (bicyclic) bond motifs is 4. The van der Waals surface area contributed by atoms with E-state index in [0.29, 0.717) is 33.4 Å². The third-order valence-electron chi connectivity index (χ3n) is 11.5. The molecule has 5 aliphatic carbocycles. The highest BCUT2D eigenvalue weighted by molar-refractivity contribution is 5.79.